The van der Waals surface area contributed by atoms with Crippen LogP contribution in [-0.2, 0) is 19.0 Å². The van der Waals surface area contributed by atoms with E-state index in [1.54, 1.807) is 12.1 Å². The number of piperidine rings is 1. The first-order valence-corrected chi connectivity index (χ1v) is 13.8. The topological polar surface area (TPSA) is 86.3 Å². The van der Waals surface area contributed by atoms with Crippen LogP contribution in [-0.4, -0.2) is 90.7 Å². The van der Waals surface area contributed by atoms with Crippen molar-refractivity contribution in [3.8, 4) is 5.75 Å². The number of hydrogen-bond acceptors (Lipinski definition) is 10. The van der Waals surface area contributed by atoms with Crippen molar-refractivity contribution in [2.45, 2.75) is 61.8 Å². The number of ether oxygens (including phenoxy) is 4. The predicted octanol–water partition coefficient (Wildman–Crippen LogP) is 3.50. The quantitative estimate of drug-likeness (QED) is 0.366. The molecule has 6 rings (SSSR count). The van der Waals surface area contributed by atoms with Crippen molar-refractivity contribution in [3.05, 3.63) is 35.1 Å². The van der Waals surface area contributed by atoms with Crippen LogP contribution in [0.1, 0.15) is 37.2 Å². The molecule has 39 heavy (non-hydrogen) atoms. The molecule has 4 atom stereocenters. The van der Waals surface area contributed by atoms with Crippen molar-refractivity contribution in [1.82, 2.24) is 15.1 Å². The maximum Gasteiger partial charge on any atom is 0.491 e. The van der Waals surface area contributed by atoms with E-state index in [1.165, 1.54) is 16.5 Å². The molecule has 1 spiro atoms. The Hall–Kier alpha value is -2.55. The number of likely N-dealkylation sites (tertiary alicyclic amines) is 1. The largest absolute Gasteiger partial charge is 0.491 e. The normalized spacial score (nSPS) is 29.7. The third-order valence-electron chi connectivity index (χ3n) is 8.04. The number of hydrogen-bond donors (Lipinski definition) is 0. The molecule has 1 aromatic carbocycles. The van der Waals surface area contributed by atoms with Gasteiger partial charge in [0.2, 0.25) is 11.4 Å². The van der Waals surface area contributed by atoms with Crippen molar-refractivity contribution >= 4 is 22.4 Å². The van der Waals surface area contributed by atoms with Gasteiger partial charge < -0.3 is 23.8 Å². The highest BCUT2D eigenvalue weighted by molar-refractivity contribution is 7.13. The van der Waals surface area contributed by atoms with E-state index in [1.807, 2.05) is 0 Å². The minimum Gasteiger partial charge on any atom is -0.491 e. The molecule has 0 aliphatic carbocycles. The fraction of sp³-hybridized carbons (Fsp3) is 0.640. The minimum atomic E-state index is -5.12. The average molecular weight is 573 g/mol. The van der Waals surface area contributed by atoms with Crippen LogP contribution >= 0.6 is 11.3 Å². The monoisotopic (exact) mass is 572 g/mol. The zero-order valence-electron chi connectivity index (χ0n) is 20.9. The number of esters is 1. The van der Waals surface area contributed by atoms with Gasteiger partial charge in [0.1, 0.15) is 29.3 Å². The summed E-state index contributed by atoms with van der Waals surface area (Å²) < 4.78 is 75.6. The number of halogens is 4. The molecule has 0 saturated carbocycles. The number of alkyl halides is 3. The molecule has 4 saturated heterocycles. The lowest BCUT2D eigenvalue weighted by Crippen LogP contribution is -2.72. The standard InChI is InChI=1S/C25H28F4N4O5S/c26-16-1-2-20(36-12-18-5-8-35-18)19(9-16)15-3-6-32(7-4-15)17-10-24(37-11-17)13-33(23-31-30-14-39-23)21(24)38-22(34)25(27,28)29/h1-2,9,14-15,17-18,21H,3-8,10-13H2/t17-,18-,21?,24?/m0/s1. The summed E-state index contributed by atoms with van der Waals surface area (Å²) in [5.41, 5.74) is 1.25. The van der Waals surface area contributed by atoms with Crippen molar-refractivity contribution < 1.29 is 41.3 Å². The van der Waals surface area contributed by atoms with Crippen LogP contribution in [0, 0.1) is 5.82 Å². The van der Waals surface area contributed by atoms with Crippen molar-refractivity contribution in [3.63, 3.8) is 0 Å². The molecule has 4 aliphatic rings. The van der Waals surface area contributed by atoms with Crippen LogP contribution in [0.15, 0.2) is 23.7 Å². The van der Waals surface area contributed by atoms with Crippen LogP contribution < -0.4 is 9.64 Å². The third kappa shape index (κ3) is 5.31. The Morgan fingerprint density at radius 1 is 1.23 bits per heavy atom. The van der Waals surface area contributed by atoms with Crippen LogP contribution in [0.5, 0.6) is 5.75 Å². The van der Waals surface area contributed by atoms with Crippen LogP contribution in [0.2, 0.25) is 0 Å². The van der Waals surface area contributed by atoms with E-state index in [0.29, 0.717) is 43.6 Å². The predicted molar refractivity (Wildman–Crippen MR) is 130 cm³/mol. The molecule has 2 aromatic rings. The Bertz CT molecular complexity index is 1180. The van der Waals surface area contributed by atoms with E-state index >= 15 is 0 Å². The van der Waals surface area contributed by atoms with E-state index in [4.69, 9.17) is 18.9 Å². The molecule has 5 heterocycles. The zero-order valence-corrected chi connectivity index (χ0v) is 21.8. The summed E-state index contributed by atoms with van der Waals surface area (Å²) in [5, 5.41) is 8.02. The number of nitrogens with zero attached hydrogens (tertiary/aromatic N) is 4. The highest BCUT2D eigenvalue weighted by Crippen LogP contribution is 2.47. The van der Waals surface area contributed by atoms with Crippen molar-refractivity contribution in [1.29, 1.82) is 0 Å². The van der Waals surface area contributed by atoms with E-state index in [9.17, 15) is 22.4 Å². The Balaban J connectivity index is 1.09. The maximum atomic E-state index is 14.1. The molecule has 0 radical (unpaired) electrons. The van der Waals surface area contributed by atoms with E-state index in [0.717, 1.165) is 42.8 Å². The fourth-order valence-electron chi connectivity index (χ4n) is 5.86. The van der Waals surface area contributed by atoms with E-state index in [2.05, 4.69) is 15.1 Å². The van der Waals surface area contributed by atoms with Gasteiger partial charge in [0.25, 0.3) is 0 Å². The molecule has 0 N–H and O–H groups in total. The summed E-state index contributed by atoms with van der Waals surface area (Å²) in [4.78, 5) is 15.5. The first kappa shape index (κ1) is 26.7. The maximum absolute atomic E-state index is 14.1. The van der Waals surface area contributed by atoms with Crippen molar-refractivity contribution in [2.75, 3.05) is 44.4 Å². The first-order valence-electron chi connectivity index (χ1n) is 12.9. The molecular weight excluding hydrogens is 544 g/mol. The average Bonchev–Trinajstić information content (AvgIpc) is 3.57. The number of anilines is 1. The Morgan fingerprint density at radius 3 is 2.69 bits per heavy atom. The van der Waals surface area contributed by atoms with Gasteiger partial charge in [-0.2, -0.15) is 13.2 Å². The van der Waals surface area contributed by atoms with Crippen molar-refractivity contribution in [2.24, 2.45) is 0 Å². The Kier molecular flexibility index (Phi) is 7.14. The van der Waals surface area contributed by atoms with Gasteiger partial charge in [0.05, 0.1) is 19.3 Å². The summed E-state index contributed by atoms with van der Waals surface area (Å²) in [5.74, 6) is -1.78. The zero-order chi connectivity index (χ0) is 27.2. The molecule has 0 bridgehead atoms. The number of carbonyl (C=O) groups is 1. The number of rotatable bonds is 7. The molecule has 4 fully saturated rings. The summed E-state index contributed by atoms with van der Waals surface area (Å²) in [6, 6.07) is 4.57. The lowest BCUT2D eigenvalue weighted by Gasteiger charge is -2.53. The fourth-order valence-corrected chi connectivity index (χ4v) is 6.44. The van der Waals surface area contributed by atoms with Gasteiger partial charge in [0, 0.05) is 31.1 Å². The lowest BCUT2D eigenvalue weighted by molar-refractivity contribution is -0.225. The van der Waals surface area contributed by atoms with Crippen LogP contribution in [0.25, 0.3) is 0 Å². The molecule has 0 amide bonds. The first-order chi connectivity index (χ1) is 18.7. The second-order valence-electron chi connectivity index (χ2n) is 10.4. The smallest absolute Gasteiger partial charge is 0.491 e. The van der Waals surface area contributed by atoms with Gasteiger partial charge in [-0.25, -0.2) is 9.18 Å². The molecule has 9 nitrogen and oxygen atoms in total. The molecule has 212 valence electrons. The van der Waals surface area contributed by atoms with Gasteiger partial charge in [0.15, 0.2) is 0 Å². The van der Waals surface area contributed by atoms with Gasteiger partial charge in [-0.3, -0.25) is 4.90 Å². The molecule has 4 aliphatic heterocycles. The second kappa shape index (κ2) is 10.5. The second-order valence-corrected chi connectivity index (χ2v) is 11.2. The van der Waals surface area contributed by atoms with Gasteiger partial charge in [-0.1, -0.05) is 11.3 Å². The Labute approximate surface area is 226 Å². The lowest BCUT2D eigenvalue weighted by atomic mass is 9.85. The van der Waals surface area contributed by atoms with Gasteiger partial charge in [-0.15, -0.1) is 10.2 Å². The van der Waals surface area contributed by atoms with Crippen LogP contribution in [0.3, 0.4) is 0 Å². The summed E-state index contributed by atoms with van der Waals surface area (Å²) in [7, 11) is 0. The highest BCUT2D eigenvalue weighted by Gasteiger charge is 2.63. The van der Waals surface area contributed by atoms with Gasteiger partial charge >= 0.3 is 12.1 Å². The number of aromatic nitrogens is 2. The third-order valence-corrected chi connectivity index (χ3v) is 8.76. The summed E-state index contributed by atoms with van der Waals surface area (Å²) >= 11 is 1.15. The number of carbonyl (C=O) groups excluding carboxylic acids is 1. The molecule has 2 unspecified atom stereocenters. The number of benzene rings is 1. The van der Waals surface area contributed by atoms with Crippen LogP contribution in [0.4, 0.5) is 22.7 Å². The summed E-state index contributed by atoms with van der Waals surface area (Å²) in [6.45, 7) is 3.16. The Morgan fingerprint density at radius 2 is 2.03 bits per heavy atom. The SMILES string of the molecule is O=C(OC1N(c2nncs2)CC12C[C@H](N1CCC(c3cc(F)ccc3OC[C@@H]3CCO3)CC1)CO2)C(F)(F)F. The molecular formula is C25H28F4N4O5S. The summed E-state index contributed by atoms with van der Waals surface area (Å²) in [6.07, 6.45) is -3.37. The van der Waals surface area contributed by atoms with E-state index in [-0.39, 0.29) is 30.4 Å². The highest BCUT2D eigenvalue weighted by atomic mass is 32.1. The van der Waals surface area contributed by atoms with Gasteiger partial charge in [-0.05, 0) is 50.0 Å². The molecule has 14 heteroatoms. The van der Waals surface area contributed by atoms with E-state index < -0.39 is 24.0 Å². The minimum absolute atomic E-state index is 0.0476. The molecule has 1 aromatic heterocycles.